The zero-order valence-corrected chi connectivity index (χ0v) is 36.1. The molecule has 304 valence electrons. The number of aromatic carboxylic acids is 1. The molecule has 58 heavy (non-hydrogen) atoms. The highest BCUT2D eigenvalue weighted by Gasteiger charge is 2.38. The number of nitrogens with zero attached hydrogens (tertiary/aromatic N) is 7. The van der Waals surface area contributed by atoms with Crippen LogP contribution in [-0.2, 0) is 27.1 Å². The number of carbonyl (C=O) groups is 2. The van der Waals surface area contributed by atoms with E-state index in [1.165, 1.54) is 0 Å². The minimum absolute atomic E-state index is 0.132. The van der Waals surface area contributed by atoms with Crippen LogP contribution in [0, 0.1) is 27.7 Å². The zero-order valence-electron chi connectivity index (χ0n) is 34.5. The Morgan fingerprint density at radius 1 is 0.931 bits per heavy atom. The van der Waals surface area contributed by atoms with Gasteiger partial charge in [-0.1, -0.05) is 29.3 Å². The lowest BCUT2D eigenvalue weighted by Gasteiger charge is -2.35. The van der Waals surface area contributed by atoms with E-state index < -0.39 is 5.97 Å². The molecule has 3 aromatic heterocycles. The van der Waals surface area contributed by atoms with Crippen molar-refractivity contribution in [3.8, 4) is 16.9 Å². The van der Waals surface area contributed by atoms with Gasteiger partial charge in [0.15, 0.2) is 0 Å². The molecular weight excluding hydrogens is 773 g/mol. The fraction of sp³-hybridized carbons (Fsp3) is 0.400. The Kier molecular flexibility index (Phi) is 10.6. The van der Waals surface area contributed by atoms with Gasteiger partial charge in [0.2, 0.25) is 0 Å². The van der Waals surface area contributed by atoms with E-state index in [0.29, 0.717) is 54.3 Å². The second kappa shape index (κ2) is 15.4. The Morgan fingerprint density at radius 3 is 2.29 bits per heavy atom. The molecule has 2 aliphatic rings. The van der Waals surface area contributed by atoms with Crippen molar-refractivity contribution in [3.05, 3.63) is 97.5 Å². The number of aryl methyl sites for hydroxylation is 6. The molecule has 0 aliphatic carbocycles. The maximum atomic E-state index is 15.5. The number of anilines is 1. The summed E-state index contributed by atoms with van der Waals surface area (Å²) in [6.45, 7) is 15.4. The summed E-state index contributed by atoms with van der Waals surface area (Å²) < 4.78 is 12.2. The Hall–Kier alpha value is -4.81. The number of likely N-dealkylation sites (N-methyl/N-ethyl adjacent to an activating group) is 1. The smallest absolute Gasteiger partial charge is 0.337 e. The largest absolute Gasteiger partial charge is 0.494 e. The SMILES string of the molecule is Cc1cc(OCCCc2c3n(c4c(-c5c(C)nn(C)c5C)c(Cl)ccc24)C(C)CN(c2cc(CN4CCN(C)CC4)cc4c(C(=O)O)cn(C)c24)C3=O)cc(C)c1Cl. The Balaban J connectivity index is 1.27. The molecule has 1 amide bonds. The summed E-state index contributed by atoms with van der Waals surface area (Å²) in [5.41, 5.74) is 10.7. The lowest BCUT2D eigenvalue weighted by molar-refractivity contribution is 0.0698. The van der Waals surface area contributed by atoms with Crippen molar-refractivity contribution < 1.29 is 19.4 Å². The van der Waals surface area contributed by atoms with Crippen LogP contribution in [0.15, 0.2) is 42.6 Å². The number of benzene rings is 3. The van der Waals surface area contributed by atoms with E-state index in [1.807, 2.05) is 86.3 Å². The number of piperazine rings is 1. The molecule has 3 aromatic carbocycles. The first-order valence-corrected chi connectivity index (χ1v) is 20.7. The first-order chi connectivity index (χ1) is 27.6. The summed E-state index contributed by atoms with van der Waals surface area (Å²) in [7, 11) is 5.92. The van der Waals surface area contributed by atoms with E-state index in [9.17, 15) is 9.90 Å². The number of amides is 1. The predicted molar refractivity (Wildman–Crippen MR) is 232 cm³/mol. The second-order valence-electron chi connectivity index (χ2n) is 16.3. The van der Waals surface area contributed by atoms with Crippen LogP contribution in [0.1, 0.15) is 73.9 Å². The van der Waals surface area contributed by atoms with E-state index >= 15 is 4.79 Å². The molecule has 0 bridgehead atoms. The van der Waals surface area contributed by atoms with Gasteiger partial charge in [0.25, 0.3) is 5.91 Å². The summed E-state index contributed by atoms with van der Waals surface area (Å²) in [5, 5.41) is 18.0. The molecule has 2 aliphatic heterocycles. The highest BCUT2D eigenvalue weighted by Crippen LogP contribution is 2.46. The van der Waals surface area contributed by atoms with E-state index in [-0.39, 0.29) is 17.5 Å². The lowest BCUT2D eigenvalue weighted by Crippen LogP contribution is -2.44. The summed E-state index contributed by atoms with van der Waals surface area (Å²) in [5.74, 6) is -0.364. The van der Waals surface area contributed by atoms with Crippen LogP contribution in [0.3, 0.4) is 0 Å². The molecule has 1 atom stereocenters. The number of ether oxygens (including phenoxy) is 1. The fourth-order valence-corrected chi connectivity index (χ4v) is 9.61. The zero-order chi connectivity index (χ0) is 41.3. The molecular formula is C45H51Cl2N7O4. The van der Waals surface area contributed by atoms with E-state index in [0.717, 1.165) is 98.1 Å². The van der Waals surface area contributed by atoms with Crippen LogP contribution >= 0.6 is 23.2 Å². The molecule has 6 aromatic rings. The summed E-state index contributed by atoms with van der Waals surface area (Å²) >= 11 is 13.6. The van der Waals surface area contributed by atoms with Gasteiger partial charge < -0.3 is 28.8 Å². The van der Waals surface area contributed by atoms with Crippen LogP contribution in [0.25, 0.3) is 32.9 Å². The second-order valence-corrected chi connectivity index (χ2v) is 17.1. The molecule has 0 saturated carbocycles. The van der Waals surface area contributed by atoms with Crippen LogP contribution in [0.5, 0.6) is 5.75 Å². The number of hydrogen-bond acceptors (Lipinski definition) is 6. The predicted octanol–water partition coefficient (Wildman–Crippen LogP) is 8.75. The summed E-state index contributed by atoms with van der Waals surface area (Å²) in [6.07, 6.45) is 2.89. The van der Waals surface area contributed by atoms with Gasteiger partial charge >= 0.3 is 5.97 Å². The van der Waals surface area contributed by atoms with Crippen LogP contribution in [-0.4, -0.2) is 92.1 Å². The minimum atomic E-state index is -0.995. The molecule has 13 heteroatoms. The van der Waals surface area contributed by atoms with Gasteiger partial charge in [-0.3, -0.25) is 14.4 Å². The Labute approximate surface area is 349 Å². The number of carboxylic acids is 1. The molecule has 0 spiro atoms. The summed E-state index contributed by atoms with van der Waals surface area (Å²) in [6, 6.07) is 11.8. The normalized spacial score (nSPS) is 16.6. The molecule has 1 fully saturated rings. The monoisotopic (exact) mass is 823 g/mol. The number of hydrogen-bond donors (Lipinski definition) is 1. The molecule has 1 N–H and O–H groups in total. The van der Waals surface area contributed by atoms with Gasteiger partial charge in [-0.15, -0.1) is 0 Å². The summed E-state index contributed by atoms with van der Waals surface area (Å²) in [4.78, 5) is 34.7. The van der Waals surface area contributed by atoms with Gasteiger partial charge in [-0.05, 0) is 107 Å². The number of aromatic nitrogens is 4. The lowest BCUT2D eigenvalue weighted by atomic mass is 9.98. The number of carboxylic acid groups (broad SMARTS) is 1. The van der Waals surface area contributed by atoms with Crippen molar-refractivity contribution in [2.75, 3.05) is 51.3 Å². The van der Waals surface area contributed by atoms with E-state index in [1.54, 1.807) is 6.20 Å². The number of rotatable bonds is 10. The first kappa shape index (κ1) is 40.0. The van der Waals surface area contributed by atoms with Crippen LogP contribution in [0.2, 0.25) is 10.0 Å². The number of carbonyl (C=O) groups excluding carboxylic acids is 1. The minimum Gasteiger partial charge on any atom is -0.494 e. The Bertz CT molecular complexity index is 2610. The quantitative estimate of drug-likeness (QED) is 0.138. The molecule has 5 heterocycles. The average Bonchev–Trinajstić information content (AvgIpc) is 3.78. The third-order valence-corrected chi connectivity index (χ3v) is 13.1. The molecule has 1 unspecified atom stereocenters. The van der Waals surface area contributed by atoms with Gasteiger partial charge in [-0.25, -0.2) is 4.79 Å². The average molecular weight is 825 g/mol. The van der Waals surface area contributed by atoms with Crippen molar-refractivity contribution in [2.24, 2.45) is 14.1 Å². The van der Waals surface area contributed by atoms with Gasteiger partial charge in [0.05, 0.1) is 39.6 Å². The van der Waals surface area contributed by atoms with Gasteiger partial charge in [-0.2, -0.15) is 5.10 Å². The van der Waals surface area contributed by atoms with Gasteiger partial charge in [0.1, 0.15) is 11.4 Å². The maximum Gasteiger partial charge on any atom is 0.337 e. The number of halogens is 2. The van der Waals surface area contributed by atoms with E-state index in [2.05, 4.69) is 34.4 Å². The van der Waals surface area contributed by atoms with Crippen LogP contribution < -0.4 is 9.64 Å². The van der Waals surface area contributed by atoms with Crippen molar-refractivity contribution >= 4 is 62.6 Å². The topological polar surface area (TPSA) is 101 Å². The number of fused-ring (bicyclic) bond motifs is 4. The maximum absolute atomic E-state index is 15.5. The van der Waals surface area contributed by atoms with Crippen molar-refractivity contribution in [3.63, 3.8) is 0 Å². The van der Waals surface area contributed by atoms with Crippen molar-refractivity contribution in [1.29, 1.82) is 0 Å². The van der Waals surface area contributed by atoms with E-state index in [4.69, 9.17) is 33.0 Å². The third-order valence-electron chi connectivity index (χ3n) is 12.2. The standard InChI is InChI=1S/C45H51Cl2N7O4/c1-25-18-31(19-26(2)40(25)47)58-17-9-10-32-33-11-12-36(46)39(38-28(4)48-51(8)29(38)5)42(33)54-27(3)22-53(44(55)43(32)54)37-21-30(23-52-15-13-49(6)14-16-52)20-34-35(45(56)57)24-50(7)41(34)37/h11-12,18-21,24,27H,9-10,13-17,22-23H2,1-8H3,(H,56,57). The Morgan fingerprint density at radius 2 is 1.64 bits per heavy atom. The molecule has 11 nitrogen and oxygen atoms in total. The highest BCUT2D eigenvalue weighted by atomic mass is 35.5. The third kappa shape index (κ3) is 6.85. The van der Waals surface area contributed by atoms with Crippen molar-refractivity contribution in [1.82, 2.24) is 28.7 Å². The highest BCUT2D eigenvalue weighted by molar-refractivity contribution is 6.35. The first-order valence-electron chi connectivity index (χ1n) is 20.0. The van der Waals surface area contributed by atoms with Crippen molar-refractivity contribution in [2.45, 2.75) is 60.0 Å². The molecule has 0 radical (unpaired) electrons. The molecule has 1 saturated heterocycles. The molecule has 8 rings (SSSR count). The van der Waals surface area contributed by atoms with Gasteiger partial charge in [0, 0.05) is 98.2 Å². The fourth-order valence-electron chi connectivity index (χ4n) is 9.25. The van der Waals surface area contributed by atoms with Crippen LogP contribution in [0.4, 0.5) is 5.69 Å².